The molecule has 0 fully saturated rings. The summed E-state index contributed by atoms with van der Waals surface area (Å²) >= 11 is 0. The Balaban J connectivity index is 2.47. The van der Waals surface area contributed by atoms with Gasteiger partial charge in [0.25, 0.3) is 0 Å². The summed E-state index contributed by atoms with van der Waals surface area (Å²) in [7, 11) is 0. The zero-order valence-corrected chi connectivity index (χ0v) is 7.48. The van der Waals surface area contributed by atoms with E-state index in [1.807, 2.05) is 6.07 Å². The van der Waals surface area contributed by atoms with Crippen LogP contribution in [0, 0.1) is 11.3 Å². The van der Waals surface area contributed by atoms with Crippen LogP contribution in [-0.4, -0.2) is 21.2 Å². The second kappa shape index (κ2) is 3.31. The average Bonchev–Trinajstić information content (AvgIpc) is 2.57. The Kier molecular flexibility index (Phi) is 1.99. The van der Waals surface area contributed by atoms with Gasteiger partial charge in [0.2, 0.25) is 5.95 Å². The fourth-order valence-electron chi connectivity index (χ4n) is 1.24. The highest BCUT2D eigenvalue weighted by atomic mass is 16.4. The number of hydrogen-bond donors (Lipinski definition) is 3. The smallest absolute Gasteiger partial charge is 0.411 e. The number of hydrogen-bond acceptors (Lipinski definition) is 3. The molecule has 0 aliphatic rings. The van der Waals surface area contributed by atoms with E-state index in [0.29, 0.717) is 16.6 Å². The zero-order valence-electron chi connectivity index (χ0n) is 7.48. The summed E-state index contributed by atoms with van der Waals surface area (Å²) in [6.45, 7) is 0. The third-order valence-electron chi connectivity index (χ3n) is 1.84. The molecule has 74 valence electrons. The maximum Gasteiger partial charge on any atom is 0.411 e. The van der Waals surface area contributed by atoms with Gasteiger partial charge < -0.3 is 10.1 Å². The lowest BCUT2D eigenvalue weighted by molar-refractivity contribution is 0.209. The summed E-state index contributed by atoms with van der Waals surface area (Å²) in [4.78, 5) is 17.1. The van der Waals surface area contributed by atoms with Crippen LogP contribution in [0.3, 0.4) is 0 Å². The van der Waals surface area contributed by atoms with Gasteiger partial charge in [0.05, 0.1) is 22.7 Å². The molecule has 1 amide bonds. The number of benzene rings is 1. The van der Waals surface area contributed by atoms with Crippen LogP contribution in [0.25, 0.3) is 11.0 Å². The van der Waals surface area contributed by atoms with Crippen molar-refractivity contribution in [2.75, 3.05) is 5.32 Å². The summed E-state index contributed by atoms with van der Waals surface area (Å²) in [5.74, 6) is 0.146. The van der Waals surface area contributed by atoms with E-state index in [0.717, 1.165) is 0 Å². The Morgan fingerprint density at radius 1 is 1.60 bits per heavy atom. The number of amides is 1. The van der Waals surface area contributed by atoms with Crippen LogP contribution in [0.15, 0.2) is 18.2 Å². The Morgan fingerprint density at radius 2 is 2.40 bits per heavy atom. The summed E-state index contributed by atoms with van der Waals surface area (Å²) in [5.41, 5.74) is 1.73. The highest BCUT2D eigenvalue weighted by molar-refractivity contribution is 5.85. The van der Waals surface area contributed by atoms with Crippen molar-refractivity contribution in [3.8, 4) is 6.07 Å². The molecule has 15 heavy (non-hydrogen) atoms. The fourth-order valence-corrected chi connectivity index (χ4v) is 1.24. The molecular weight excluding hydrogens is 196 g/mol. The predicted molar refractivity (Wildman–Crippen MR) is 52.5 cm³/mol. The number of nitrogens with zero attached hydrogens (tertiary/aromatic N) is 2. The third kappa shape index (κ3) is 1.71. The van der Waals surface area contributed by atoms with Gasteiger partial charge >= 0.3 is 6.09 Å². The molecule has 0 atom stereocenters. The van der Waals surface area contributed by atoms with Gasteiger partial charge in [0.1, 0.15) is 0 Å². The summed E-state index contributed by atoms with van der Waals surface area (Å²) in [5, 5.41) is 19.2. The Labute approximate surface area is 84.2 Å². The molecule has 0 aliphatic carbocycles. The lowest BCUT2D eigenvalue weighted by atomic mass is 10.2. The number of aromatic nitrogens is 2. The van der Waals surface area contributed by atoms with E-state index in [2.05, 4.69) is 15.3 Å². The normalized spacial score (nSPS) is 9.80. The van der Waals surface area contributed by atoms with E-state index < -0.39 is 6.09 Å². The molecular formula is C9H6N4O2. The highest BCUT2D eigenvalue weighted by Gasteiger charge is 2.05. The van der Waals surface area contributed by atoms with E-state index in [4.69, 9.17) is 10.4 Å². The summed E-state index contributed by atoms with van der Waals surface area (Å²) in [6.07, 6.45) is -1.19. The van der Waals surface area contributed by atoms with Crippen molar-refractivity contribution in [3.05, 3.63) is 23.8 Å². The van der Waals surface area contributed by atoms with Gasteiger partial charge in [0.15, 0.2) is 0 Å². The molecule has 6 nitrogen and oxygen atoms in total. The van der Waals surface area contributed by atoms with Crippen molar-refractivity contribution < 1.29 is 9.90 Å². The predicted octanol–water partition coefficient (Wildman–Crippen LogP) is 1.52. The van der Waals surface area contributed by atoms with Gasteiger partial charge in [-0.25, -0.2) is 9.78 Å². The van der Waals surface area contributed by atoms with Crippen LogP contribution in [0.2, 0.25) is 0 Å². The van der Waals surface area contributed by atoms with Gasteiger partial charge in [-0.1, -0.05) is 0 Å². The topological polar surface area (TPSA) is 102 Å². The number of imidazole rings is 1. The Morgan fingerprint density at radius 3 is 3.07 bits per heavy atom. The molecule has 0 saturated heterocycles. The number of rotatable bonds is 1. The molecule has 0 bridgehead atoms. The van der Waals surface area contributed by atoms with E-state index in [1.165, 1.54) is 0 Å². The van der Waals surface area contributed by atoms with Gasteiger partial charge in [0, 0.05) is 0 Å². The molecule has 2 rings (SSSR count). The molecule has 0 aliphatic heterocycles. The molecule has 1 aromatic heterocycles. The second-order valence-electron chi connectivity index (χ2n) is 2.86. The van der Waals surface area contributed by atoms with Gasteiger partial charge in [-0.3, -0.25) is 5.32 Å². The fraction of sp³-hybridized carbons (Fsp3) is 0. The number of nitrogens with one attached hydrogen (secondary N) is 2. The summed E-state index contributed by atoms with van der Waals surface area (Å²) in [6, 6.07) is 6.86. The maximum atomic E-state index is 10.3. The van der Waals surface area contributed by atoms with Crippen molar-refractivity contribution in [2.45, 2.75) is 0 Å². The molecule has 1 aromatic carbocycles. The first-order valence-electron chi connectivity index (χ1n) is 4.09. The average molecular weight is 202 g/mol. The first-order chi connectivity index (χ1) is 7.19. The van der Waals surface area contributed by atoms with Crippen LogP contribution in [0.1, 0.15) is 5.56 Å². The number of anilines is 1. The minimum atomic E-state index is -1.19. The maximum absolute atomic E-state index is 10.3. The van der Waals surface area contributed by atoms with Crippen LogP contribution in [0.5, 0.6) is 0 Å². The zero-order chi connectivity index (χ0) is 10.8. The minimum Gasteiger partial charge on any atom is -0.465 e. The van der Waals surface area contributed by atoms with Gasteiger partial charge in [-0.05, 0) is 18.2 Å². The van der Waals surface area contributed by atoms with E-state index in [9.17, 15) is 4.79 Å². The first kappa shape index (κ1) is 9.02. The van der Waals surface area contributed by atoms with Crippen molar-refractivity contribution in [1.82, 2.24) is 9.97 Å². The molecule has 0 unspecified atom stereocenters. The number of fused-ring (bicyclic) bond motifs is 1. The quantitative estimate of drug-likeness (QED) is 0.652. The largest absolute Gasteiger partial charge is 0.465 e. The minimum absolute atomic E-state index is 0.146. The van der Waals surface area contributed by atoms with Crippen molar-refractivity contribution in [2.24, 2.45) is 0 Å². The van der Waals surface area contributed by atoms with Crippen LogP contribution >= 0.6 is 0 Å². The number of carboxylic acid groups (broad SMARTS) is 1. The van der Waals surface area contributed by atoms with Gasteiger partial charge in [-0.2, -0.15) is 5.26 Å². The highest BCUT2D eigenvalue weighted by Crippen LogP contribution is 2.15. The standard InChI is InChI=1S/C9H6N4O2/c10-4-5-1-2-6-7(3-5)12-8(11-6)13-9(14)15/h1-3H,(H,14,15)(H2,11,12,13). The monoisotopic (exact) mass is 202 g/mol. The molecule has 0 radical (unpaired) electrons. The van der Waals surface area contributed by atoms with Crippen LogP contribution < -0.4 is 5.32 Å². The third-order valence-corrected chi connectivity index (χ3v) is 1.84. The van der Waals surface area contributed by atoms with Crippen LogP contribution in [0.4, 0.5) is 10.7 Å². The molecule has 0 spiro atoms. The SMILES string of the molecule is N#Cc1ccc2nc(NC(=O)O)[nH]c2c1. The van der Waals surface area contributed by atoms with Gasteiger partial charge in [-0.15, -0.1) is 0 Å². The van der Waals surface area contributed by atoms with E-state index in [-0.39, 0.29) is 5.95 Å². The molecule has 2 aromatic rings. The van der Waals surface area contributed by atoms with Crippen molar-refractivity contribution in [1.29, 1.82) is 5.26 Å². The first-order valence-corrected chi connectivity index (χ1v) is 4.09. The number of aromatic amines is 1. The molecule has 6 heteroatoms. The number of carbonyl (C=O) groups is 1. The summed E-state index contributed by atoms with van der Waals surface area (Å²) < 4.78 is 0. The number of H-pyrrole nitrogens is 1. The van der Waals surface area contributed by atoms with Crippen molar-refractivity contribution >= 4 is 23.1 Å². The van der Waals surface area contributed by atoms with Crippen molar-refractivity contribution in [3.63, 3.8) is 0 Å². The Hall–Kier alpha value is -2.55. The Bertz CT molecular complexity index is 567. The molecule has 3 N–H and O–H groups in total. The second-order valence-corrected chi connectivity index (χ2v) is 2.86. The molecule has 0 saturated carbocycles. The molecule has 1 heterocycles. The van der Waals surface area contributed by atoms with Crippen LogP contribution in [-0.2, 0) is 0 Å². The number of nitriles is 1. The lowest BCUT2D eigenvalue weighted by Gasteiger charge is -1.90. The lowest BCUT2D eigenvalue weighted by Crippen LogP contribution is -2.08. The van der Waals surface area contributed by atoms with E-state index >= 15 is 0 Å². The van der Waals surface area contributed by atoms with E-state index in [1.54, 1.807) is 18.2 Å².